The number of halogens is 1. The second kappa shape index (κ2) is 11.7. The number of amides is 2. The molecule has 1 saturated heterocycles. The summed E-state index contributed by atoms with van der Waals surface area (Å²) in [6.07, 6.45) is 10.3. The third-order valence-electron chi connectivity index (χ3n) is 6.50. The van der Waals surface area contributed by atoms with Crippen LogP contribution in [0.4, 0.5) is 14.9 Å². The van der Waals surface area contributed by atoms with Crippen molar-refractivity contribution in [2.75, 3.05) is 31.5 Å². The molecule has 192 valence electrons. The van der Waals surface area contributed by atoms with E-state index in [1.165, 1.54) is 36.8 Å². The largest absolute Gasteiger partial charge is 0.338 e. The number of hydrogen-bond acceptors (Lipinski definition) is 6. The molecule has 0 aliphatic carbocycles. The molecule has 11 heteroatoms. The standard InChI is InChI=1S/C26H30FN9O/c27-22-6-4-20(5-7-22)11-21-3-1-9-34(15-21)10-2-8-30-26(37)33-23-12-24(35-18-28-16-31-35)14-25(13-23)36-19-29-17-32-36/h4-7,12-14,16-19,21H,1-3,8-11,15H2,(H2,30,33,37). The summed E-state index contributed by atoms with van der Waals surface area (Å²) >= 11 is 0. The van der Waals surface area contributed by atoms with Crippen LogP contribution in [0.3, 0.4) is 0 Å². The van der Waals surface area contributed by atoms with Crippen LogP contribution < -0.4 is 10.6 Å². The average Bonchev–Trinajstić information content (AvgIpc) is 3.63. The first kappa shape index (κ1) is 24.6. The molecular formula is C26H30FN9O. The summed E-state index contributed by atoms with van der Waals surface area (Å²) in [4.78, 5) is 23.1. The maximum Gasteiger partial charge on any atom is 0.319 e. The molecule has 0 spiro atoms. The Morgan fingerprint density at radius 3 is 2.35 bits per heavy atom. The Labute approximate surface area is 214 Å². The van der Waals surface area contributed by atoms with Gasteiger partial charge >= 0.3 is 6.03 Å². The van der Waals surface area contributed by atoms with Crippen LogP contribution in [0, 0.1) is 11.7 Å². The first-order valence-corrected chi connectivity index (χ1v) is 12.5. The Bertz CT molecular complexity index is 1220. The molecule has 5 rings (SSSR count). The van der Waals surface area contributed by atoms with E-state index in [4.69, 9.17) is 0 Å². The number of urea groups is 1. The van der Waals surface area contributed by atoms with Gasteiger partial charge in [0.15, 0.2) is 0 Å². The number of rotatable bonds is 9. The Hall–Kier alpha value is -4.12. The zero-order chi connectivity index (χ0) is 25.5. The van der Waals surface area contributed by atoms with Gasteiger partial charge in [0.2, 0.25) is 0 Å². The van der Waals surface area contributed by atoms with Gasteiger partial charge in [-0.1, -0.05) is 12.1 Å². The molecule has 3 heterocycles. The fraction of sp³-hybridized carbons (Fsp3) is 0.346. The number of nitrogens with zero attached hydrogens (tertiary/aromatic N) is 7. The SMILES string of the molecule is O=C(NCCCN1CCCC(Cc2ccc(F)cc2)C1)Nc1cc(-n2cncn2)cc(-n2cncn2)c1. The molecule has 0 radical (unpaired) electrons. The average molecular weight is 504 g/mol. The van der Waals surface area contributed by atoms with Crippen molar-refractivity contribution in [3.8, 4) is 11.4 Å². The van der Waals surface area contributed by atoms with E-state index < -0.39 is 0 Å². The molecular weight excluding hydrogens is 473 g/mol. The van der Waals surface area contributed by atoms with Gasteiger partial charge in [0.25, 0.3) is 0 Å². The van der Waals surface area contributed by atoms with E-state index in [0.717, 1.165) is 50.3 Å². The highest BCUT2D eigenvalue weighted by atomic mass is 19.1. The Morgan fingerprint density at radius 2 is 1.70 bits per heavy atom. The molecule has 1 unspecified atom stereocenters. The highest BCUT2D eigenvalue weighted by molar-refractivity contribution is 5.90. The number of hydrogen-bond donors (Lipinski definition) is 2. The summed E-state index contributed by atoms with van der Waals surface area (Å²) in [5.74, 6) is 0.385. The predicted octanol–water partition coefficient (Wildman–Crippen LogP) is 3.45. The zero-order valence-electron chi connectivity index (χ0n) is 20.5. The Kier molecular flexibility index (Phi) is 7.80. The maximum absolute atomic E-state index is 13.2. The first-order chi connectivity index (χ1) is 18.1. The van der Waals surface area contributed by atoms with Gasteiger partial charge in [0, 0.05) is 18.8 Å². The molecule has 2 amide bonds. The van der Waals surface area contributed by atoms with Crippen molar-refractivity contribution < 1.29 is 9.18 Å². The summed E-state index contributed by atoms with van der Waals surface area (Å²) in [6, 6.07) is 12.1. The third-order valence-corrected chi connectivity index (χ3v) is 6.50. The van der Waals surface area contributed by atoms with E-state index in [1.807, 2.05) is 30.3 Å². The van der Waals surface area contributed by atoms with Crippen molar-refractivity contribution >= 4 is 11.7 Å². The molecule has 0 saturated carbocycles. The predicted molar refractivity (Wildman–Crippen MR) is 137 cm³/mol. The number of benzene rings is 2. The summed E-state index contributed by atoms with van der Waals surface area (Å²) in [5, 5.41) is 14.2. The van der Waals surface area contributed by atoms with E-state index >= 15 is 0 Å². The molecule has 1 fully saturated rings. The third kappa shape index (κ3) is 6.76. The summed E-state index contributed by atoms with van der Waals surface area (Å²) in [5.41, 5.74) is 3.27. The van der Waals surface area contributed by atoms with Crippen molar-refractivity contribution in [1.29, 1.82) is 0 Å². The van der Waals surface area contributed by atoms with Crippen LogP contribution in [-0.2, 0) is 6.42 Å². The topological polar surface area (TPSA) is 106 Å². The minimum Gasteiger partial charge on any atom is -0.338 e. The van der Waals surface area contributed by atoms with Crippen molar-refractivity contribution in [1.82, 2.24) is 39.7 Å². The van der Waals surface area contributed by atoms with Gasteiger partial charge in [-0.2, -0.15) is 10.2 Å². The van der Waals surface area contributed by atoms with Gasteiger partial charge in [-0.25, -0.2) is 28.5 Å². The maximum atomic E-state index is 13.2. The van der Waals surface area contributed by atoms with Gasteiger partial charge in [-0.3, -0.25) is 0 Å². The van der Waals surface area contributed by atoms with Gasteiger partial charge in [-0.15, -0.1) is 0 Å². The molecule has 0 bridgehead atoms. The minimum absolute atomic E-state index is 0.191. The van der Waals surface area contributed by atoms with Crippen molar-refractivity contribution in [2.24, 2.45) is 5.92 Å². The van der Waals surface area contributed by atoms with E-state index in [9.17, 15) is 9.18 Å². The summed E-state index contributed by atoms with van der Waals surface area (Å²) in [6.45, 7) is 3.61. The number of anilines is 1. The second-order valence-corrected chi connectivity index (χ2v) is 9.29. The van der Waals surface area contributed by atoms with E-state index in [1.54, 1.807) is 22.0 Å². The number of piperidine rings is 1. The molecule has 2 aromatic carbocycles. The highest BCUT2D eigenvalue weighted by Crippen LogP contribution is 2.22. The highest BCUT2D eigenvalue weighted by Gasteiger charge is 2.20. The molecule has 2 N–H and O–H groups in total. The molecule has 4 aromatic rings. The van der Waals surface area contributed by atoms with Crippen LogP contribution in [0.1, 0.15) is 24.8 Å². The molecule has 2 aromatic heterocycles. The smallest absolute Gasteiger partial charge is 0.319 e. The van der Waals surface area contributed by atoms with Crippen LogP contribution in [0.15, 0.2) is 67.8 Å². The number of nitrogens with one attached hydrogen (secondary N) is 2. The van der Waals surface area contributed by atoms with Gasteiger partial charge < -0.3 is 15.5 Å². The summed E-state index contributed by atoms with van der Waals surface area (Å²) < 4.78 is 16.4. The lowest BCUT2D eigenvalue weighted by molar-refractivity contribution is 0.172. The van der Waals surface area contributed by atoms with Crippen molar-refractivity contribution in [3.63, 3.8) is 0 Å². The van der Waals surface area contributed by atoms with Gasteiger partial charge in [0.1, 0.15) is 31.1 Å². The van der Waals surface area contributed by atoms with Crippen LogP contribution in [-0.4, -0.2) is 66.6 Å². The van der Waals surface area contributed by atoms with Crippen LogP contribution >= 0.6 is 0 Å². The minimum atomic E-state index is -0.270. The Balaban J connectivity index is 1.10. The van der Waals surface area contributed by atoms with Crippen LogP contribution in [0.5, 0.6) is 0 Å². The number of likely N-dealkylation sites (tertiary alicyclic amines) is 1. The zero-order valence-corrected chi connectivity index (χ0v) is 20.5. The van der Waals surface area contributed by atoms with Crippen molar-refractivity contribution in [2.45, 2.75) is 25.7 Å². The van der Waals surface area contributed by atoms with Gasteiger partial charge in [0.05, 0.1) is 11.4 Å². The van der Waals surface area contributed by atoms with Crippen molar-refractivity contribution in [3.05, 3.63) is 79.2 Å². The van der Waals surface area contributed by atoms with E-state index in [-0.39, 0.29) is 11.8 Å². The lowest BCUT2D eigenvalue weighted by Crippen LogP contribution is -2.38. The van der Waals surface area contributed by atoms with Crippen LogP contribution in [0.2, 0.25) is 0 Å². The fourth-order valence-electron chi connectivity index (χ4n) is 4.77. The summed E-state index contributed by atoms with van der Waals surface area (Å²) in [7, 11) is 0. The molecule has 1 atom stereocenters. The number of aromatic nitrogens is 6. The molecule has 10 nitrogen and oxygen atoms in total. The monoisotopic (exact) mass is 503 g/mol. The lowest BCUT2D eigenvalue weighted by Gasteiger charge is -2.32. The van der Waals surface area contributed by atoms with Crippen LogP contribution in [0.25, 0.3) is 11.4 Å². The lowest BCUT2D eigenvalue weighted by atomic mass is 9.91. The normalized spacial score (nSPS) is 16.0. The molecule has 1 aliphatic heterocycles. The first-order valence-electron chi connectivity index (χ1n) is 12.5. The quantitative estimate of drug-likeness (QED) is 0.339. The Morgan fingerprint density at radius 1 is 1.00 bits per heavy atom. The fourth-order valence-corrected chi connectivity index (χ4v) is 4.77. The number of carbonyl (C=O) groups is 1. The molecule has 37 heavy (non-hydrogen) atoms. The van der Waals surface area contributed by atoms with E-state index in [2.05, 4.69) is 35.7 Å². The van der Waals surface area contributed by atoms with Gasteiger partial charge in [-0.05, 0) is 80.6 Å². The number of carbonyl (C=O) groups excluding carboxylic acids is 1. The van der Waals surface area contributed by atoms with E-state index in [0.29, 0.717) is 18.2 Å². The molecule has 1 aliphatic rings. The second-order valence-electron chi connectivity index (χ2n) is 9.29.